The van der Waals surface area contributed by atoms with Crippen LogP contribution in [0.15, 0.2) is 60.7 Å². The third-order valence-corrected chi connectivity index (χ3v) is 5.44. The number of nitrogens with zero attached hydrogens (tertiary/aromatic N) is 3. The van der Waals surface area contributed by atoms with Gasteiger partial charge in [-0.3, -0.25) is 4.79 Å². The Kier molecular flexibility index (Phi) is 5.76. The fourth-order valence-electron chi connectivity index (χ4n) is 3.04. The van der Waals surface area contributed by atoms with Gasteiger partial charge in [-0.15, -0.1) is 5.10 Å². The lowest BCUT2D eigenvalue weighted by atomic mass is 10.1. The quantitative estimate of drug-likeness (QED) is 0.396. The number of carbonyl (C=O) groups is 1. The summed E-state index contributed by atoms with van der Waals surface area (Å²) in [5, 5.41) is 7.98. The van der Waals surface area contributed by atoms with Crippen LogP contribution in [0.5, 0.6) is 0 Å². The summed E-state index contributed by atoms with van der Waals surface area (Å²) in [7, 11) is 0. The third kappa shape index (κ3) is 4.45. The summed E-state index contributed by atoms with van der Waals surface area (Å²) in [6.45, 7) is 3.85. The maximum Gasteiger partial charge on any atom is 0.295 e. The van der Waals surface area contributed by atoms with Gasteiger partial charge in [0.05, 0.1) is 15.7 Å². The number of carbonyl (C=O) groups excluding carboxylic acids is 1. The molecule has 0 saturated carbocycles. The predicted molar refractivity (Wildman–Crippen MR) is 121 cm³/mol. The van der Waals surface area contributed by atoms with E-state index in [-0.39, 0.29) is 11.6 Å². The van der Waals surface area contributed by atoms with Crippen molar-refractivity contribution in [2.45, 2.75) is 13.8 Å². The Hall–Kier alpha value is -3.22. The number of aromatic nitrogens is 3. The van der Waals surface area contributed by atoms with Gasteiger partial charge in [0, 0.05) is 11.3 Å². The third-order valence-electron chi connectivity index (χ3n) is 4.70. The Balaban J connectivity index is 1.78. The first-order valence-electron chi connectivity index (χ1n) is 9.39. The van der Waals surface area contributed by atoms with Gasteiger partial charge in [-0.25, -0.2) is 14.1 Å². The molecule has 0 atom stereocenters. The minimum absolute atomic E-state index is 0.0358. The second-order valence-corrected chi connectivity index (χ2v) is 7.86. The van der Waals surface area contributed by atoms with Gasteiger partial charge in [0.1, 0.15) is 5.82 Å². The molecule has 156 valence electrons. The van der Waals surface area contributed by atoms with Gasteiger partial charge < -0.3 is 5.32 Å². The van der Waals surface area contributed by atoms with Crippen LogP contribution in [0.4, 0.5) is 10.1 Å². The molecule has 0 aliphatic heterocycles. The van der Waals surface area contributed by atoms with Crippen molar-refractivity contribution in [2.75, 3.05) is 5.32 Å². The van der Waals surface area contributed by atoms with Crippen molar-refractivity contribution in [1.29, 1.82) is 0 Å². The monoisotopic (exact) mass is 454 g/mol. The molecule has 0 unspecified atom stereocenters. The topological polar surface area (TPSA) is 59.8 Å². The molecule has 1 aromatic heterocycles. The lowest BCUT2D eigenvalue weighted by Crippen LogP contribution is -2.15. The summed E-state index contributed by atoms with van der Waals surface area (Å²) in [4.78, 5) is 17.4. The average Bonchev–Trinajstić information content (AvgIpc) is 3.19. The molecule has 0 spiro atoms. The minimum Gasteiger partial charge on any atom is -0.319 e. The van der Waals surface area contributed by atoms with E-state index in [1.807, 2.05) is 32.0 Å². The van der Waals surface area contributed by atoms with E-state index in [1.54, 1.807) is 30.3 Å². The molecule has 0 fully saturated rings. The summed E-state index contributed by atoms with van der Waals surface area (Å²) in [5.41, 5.74) is 3.76. The van der Waals surface area contributed by atoms with E-state index in [0.29, 0.717) is 32.8 Å². The van der Waals surface area contributed by atoms with E-state index in [0.717, 1.165) is 11.1 Å². The van der Waals surface area contributed by atoms with Crippen molar-refractivity contribution in [3.8, 4) is 17.1 Å². The number of anilines is 1. The van der Waals surface area contributed by atoms with E-state index in [9.17, 15) is 9.18 Å². The van der Waals surface area contributed by atoms with Gasteiger partial charge >= 0.3 is 0 Å². The van der Waals surface area contributed by atoms with Crippen molar-refractivity contribution in [3.63, 3.8) is 0 Å². The van der Waals surface area contributed by atoms with Gasteiger partial charge in [0.25, 0.3) is 5.91 Å². The molecule has 0 aliphatic rings. The summed E-state index contributed by atoms with van der Waals surface area (Å²) >= 11 is 12.2. The second kappa shape index (κ2) is 8.49. The molecule has 1 N–H and O–H groups in total. The number of rotatable bonds is 4. The molecule has 0 bridgehead atoms. The van der Waals surface area contributed by atoms with Crippen LogP contribution in [0.1, 0.15) is 21.7 Å². The van der Waals surface area contributed by atoms with Gasteiger partial charge in [0.15, 0.2) is 5.82 Å². The largest absolute Gasteiger partial charge is 0.319 e. The fourth-order valence-corrected chi connectivity index (χ4v) is 3.33. The Morgan fingerprint density at radius 3 is 2.42 bits per heavy atom. The van der Waals surface area contributed by atoms with Crippen LogP contribution in [0.2, 0.25) is 10.0 Å². The Morgan fingerprint density at radius 2 is 1.71 bits per heavy atom. The van der Waals surface area contributed by atoms with Crippen molar-refractivity contribution < 1.29 is 9.18 Å². The lowest BCUT2D eigenvalue weighted by molar-refractivity contribution is 0.101. The minimum atomic E-state index is -0.462. The molecule has 0 aliphatic carbocycles. The van der Waals surface area contributed by atoms with Crippen LogP contribution >= 0.6 is 23.2 Å². The summed E-state index contributed by atoms with van der Waals surface area (Å²) in [6, 6.07) is 16.5. The van der Waals surface area contributed by atoms with Crippen molar-refractivity contribution in [2.24, 2.45) is 0 Å². The molecular formula is C23H17Cl2FN4O. The SMILES string of the molecule is Cc1ccc(C)c(NC(=O)c2nc(-c3ccc(F)cc3)n(-c3ccc(Cl)c(Cl)c3)n2)c1. The van der Waals surface area contributed by atoms with Crippen LogP contribution in [0, 0.1) is 19.7 Å². The van der Waals surface area contributed by atoms with E-state index in [2.05, 4.69) is 15.4 Å². The maximum absolute atomic E-state index is 13.4. The van der Waals surface area contributed by atoms with E-state index < -0.39 is 5.91 Å². The molecule has 0 radical (unpaired) electrons. The molecule has 5 nitrogen and oxygen atoms in total. The van der Waals surface area contributed by atoms with Crippen molar-refractivity contribution >= 4 is 34.8 Å². The normalized spacial score (nSPS) is 10.9. The van der Waals surface area contributed by atoms with Gasteiger partial charge in [0.2, 0.25) is 5.82 Å². The van der Waals surface area contributed by atoms with E-state index in [1.165, 1.54) is 16.8 Å². The van der Waals surface area contributed by atoms with Crippen molar-refractivity contribution in [1.82, 2.24) is 14.8 Å². The Morgan fingerprint density at radius 1 is 0.968 bits per heavy atom. The highest BCUT2D eigenvalue weighted by Gasteiger charge is 2.20. The fraction of sp³-hybridized carbons (Fsp3) is 0.0870. The first-order valence-corrected chi connectivity index (χ1v) is 10.1. The molecule has 0 saturated heterocycles. The number of hydrogen-bond donors (Lipinski definition) is 1. The highest BCUT2D eigenvalue weighted by atomic mass is 35.5. The van der Waals surface area contributed by atoms with Crippen LogP contribution in [0.3, 0.4) is 0 Å². The maximum atomic E-state index is 13.4. The molecular weight excluding hydrogens is 438 g/mol. The zero-order chi connectivity index (χ0) is 22.1. The van der Waals surface area contributed by atoms with Crippen molar-refractivity contribution in [3.05, 3.63) is 93.5 Å². The molecule has 31 heavy (non-hydrogen) atoms. The molecule has 4 aromatic rings. The predicted octanol–water partition coefficient (Wildman–Crippen LogP) is 6.25. The summed E-state index contributed by atoms with van der Waals surface area (Å²) in [6.07, 6.45) is 0. The first-order chi connectivity index (χ1) is 14.8. The second-order valence-electron chi connectivity index (χ2n) is 7.05. The Labute approximate surface area is 188 Å². The smallest absolute Gasteiger partial charge is 0.295 e. The standard InChI is InChI=1S/C23H17Cl2FN4O/c1-13-3-4-14(2)20(11-13)27-23(31)21-28-22(15-5-7-16(26)8-6-15)30(29-21)17-9-10-18(24)19(25)12-17/h3-12H,1-2H3,(H,27,31). The lowest BCUT2D eigenvalue weighted by Gasteiger charge is -2.07. The number of nitrogens with one attached hydrogen (secondary N) is 1. The molecule has 3 aromatic carbocycles. The number of benzene rings is 3. The molecule has 1 heterocycles. The highest BCUT2D eigenvalue weighted by Crippen LogP contribution is 2.28. The highest BCUT2D eigenvalue weighted by molar-refractivity contribution is 6.42. The molecule has 8 heteroatoms. The van der Waals surface area contributed by atoms with Gasteiger partial charge in [-0.2, -0.15) is 0 Å². The van der Waals surface area contributed by atoms with Crippen LogP contribution in [-0.4, -0.2) is 20.7 Å². The summed E-state index contributed by atoms with van der Waals surface area (Å²) < 4.78 is 14.9. The van der Waals surface area contributed by atoms with Crippen LogP contribution < -0.4 is 5.32 Å². The van der Waals surface area contributed by atoms with Gasteiger partial charge in [-0.05, 0) is 73.5 Å². The average molecular weight is 455 g/mol. The number of aryl methyl sites for hydroxylation is 2. The van der Waals surface area contributed by atoms with E-state index >= 15 is 0 Å². The van der Waals surface area contributed by atoms with Crippen LogP contribution in [0.25, 0.3) is 17.1 Å². The Bertz CT molecular complexity index is 1290. The molecule has 4 rings (SSSR count). The number of amides is 1. The summed E-state index contributed by atoms with van der Waals surface area (Å²) in [5.74, 6) is -0.510. The number of halogens is 3. The zero-order valence-electron chi connectivity index (χ0n) is 16.7. The molecule has 1 amide bonds. The van der Waals surface area contributed by atoms with Crippen LogP contribution in [-0.2, 0) is 0 Å². The van der Waals surface area contributed by atoms with E-state index in [4.69, 9.17) is 23.2 Å². The zero-order valence-corrected chi connectivity index (χ0v) is 18.2. The number of hydrogen-bond acceptors (Lipinski definition) is 3. The van der Waals surface area contributed by atoms with Gasteiger partial charge in [-0.1, -0.05) is 35.3 Å². The first kappa shape index (κ1) is 21.0.